The molecule has 0 fully saturated rings. The molecule has 3 rings (SSSR count). The Kier molecular flexibility index (Phi) is 4.91. The van der Waals surface area contributed by atoms with Crippen molar-refractivity contribution in [3.63, 3.8) is 0 Å². The Morgan fingerprint density at radius 3 is 1.23 bits per heavy atom. The molecule has 0 heterocycles. The summed E-state index contributed by atoms with van der Waals surface area (Å²) in [6.07, 6.45) is 0. The predicted octanol–water partition coefficient (Wildman–Crippen LogP) is 7.51. The first-order valence-corrected chi connectivity index (χ1v) is 9.22. The van der Waals surface area contributed by atoms with E-state index in [4.69, 9.17) is 5.32 Å². The normalized spacial score (nSPS) is 10.9. The van der Waals surface area contributed by atoms with E-state index in [9.17, 15) is 0 Å². The number of hydrogen-bond donors (Lipinski definition) is 0. The molecule has 3 aromatic carbocycles. The zero-order valence-corrected chi connectivity index (χ0v) is 17.0. The van der Waals surface area contributed by atoms with Gasteiger partial charge in [-0.1, -0.05) is 53.6 Å². The second kappa shape index (κ2) is 6.99. The zero-order chi connectivity index (χ0) is 19.0. The van der Waals surface area contributed by atoms with Crippen LogP contribution < -0.4 is 0 Å². The highest BCUT2D eigenvalue weighted by atomic mass is 14.8. The van der Waals surface area contributed by atoms with Gasteiger partial charge >= 0.3 is 0 Å². The Labute approximate surface area is 158 Å². The van der Waals surface area contributed by atoms with Crippen LogP contribution in [-0.4, -0.2) is 7.05 Å². The van der Waals surface area contributed by atoms with Gasteiger partial charge in [0.2, 0.25) is 0 Å². The summed E-state index contributed by atoms with van der Waals surface area (Å²) >= 11 is 0. The van der Waals surface area contributed by atoms with Gasteiger partial charge in [0.25, 0.3) is 0 Å². The molecule has 0 bridgehead atoms. The first-order chi connectivity index (χ1) is 12.3. The van der Waals surface area contributed by atoms with Crippen molar-refractivity contribution in [2.24, 2.45) is 0 Å². The van der Waals surface area contributed by atoms with E-state index >= 15 is 0 Å². The highest BCUT2D eigenvalue weighted by Crippen LogP contribution is 2.44. The third kappa shape index (κ3) is 3.14. The van der Waals surface area contributed by atoms with Crippen molar-refractivity contribution in [2.45, 2.75) is 41.5 Å². The van der Waals surface area contributed by atoms with Crippen LogP contribution in [0.15, 0.2) is 42.5 Å². The van der Waals surface area contributed by atoms with Crippen LogP contribution in [0, 0.1) is 41.5 Å². The Balaban J connectivity index is 2.32. The summed E-state index contributed by atoms with van der Waals surface area (Å²) in [5.41, 5.74) is 14.0. The Morgan fingerprint density at radius 1 is 0.577 bits per heavy atom. The van der Waals surface area contributed by atoms with E-state index in [1.807, 2.05) is 7.05 Å². The lowest BCUT2D eigenvalue weighted by Gasteiger charge is -2.28. The molecule has 134 valence electrons. The van der Waals surface area contributed by atoms with Crippen molar-refractivity contribution in [2.75, 3.05) is 7.05 Å². The van der Waals surface area contributed by atoms with Gasteiger partial charge in [0.15, 0.2) is 0 Å². The minimum Gasteiger partial charge on any atom is -0.686 e. The van der Waals surface area contributed by atoms with Crippen molar-refractivity contribution >= 4 is 5.69 Å². The quantitative estimate of drug-likeness (QED) is 0.467. The number of hydrogen-bond acceptors (Lipinski definition) is 0. The van der Waals surface area contributed by atoms with Crippen molar-refractivity contribution in [3.05, 3.63) is 81.2 Å². The Morgan fingerprint density at radius 2 is 0.923 bits per heavy atom. The Hall–Kier alpha value is -2.54. The molecule has 1 heteroatoms. The summed E-state index contributed by atoms with van der Waals surface area (Å²) in [6.45, 7) is 13.1. The lowest BCUT2D eigenvalue weighted by Crippen LogP contribution is -1.95. The van der Waals surface area contributed by atoms with Crippen LogP contribution in [0.5, 0.6) is 0 Å². The molecule has 0 spiro atoms. The fourth-order valence-corrected chi connectivity index (χ4v) is 4.40. The van der Waals surface area contributed by atoms with Crippen LogP contribution >= 0.6 is 0 Å². The van der Waals surface area contributed by atoms with E-state index < -0.39 is 0 Å². The van der Waals surface area contributed by atoms with E-state index in [0.29, 0.717) is 0 Å². The summed E-state index contributed by atoms with van der Waals surface area (Å²) < 4.78 is 0. The average molecular weight is 343 g/mol. The third-order valence-electron chi connectivity index (χ3n) is 5.15. The monoisotopic (exact) mass is 342 g/mol. The summed E-state index contributed by atoms with van der Waals surface area (Å²) in [5, 5.41) is 4.73. The molecular formula is C25H28N-. The van der Waals surface area contributed by atoms with E-state index in [-0.39, 0.29) is 0 Å². The number of aryl methyl sites for hydroxylation is 6. The standard InChI is InChI=1S/C25H28N/c1-15-11-17(3)23(18(4)12-15)21-9-8-10-22(25(21)26-7)24-19(5)13-16(2)14-20(24)6/h8-14H,1-7H3/q-1. The van der Waals surface area contributed by atoms with Crippen LogP contribution in [0.3, 0.4) is 0 Å². The van der Waals surface area contributed by atoms with Gasteiger partial charge in [-0.2, -0.15) is 0 Å². The molecule has 26 heavy (non-hydrogen) atoms. The summed E-state index contributed by atoms with van der Waals surface area (Å²) in [6, 6.07) is 15.6. The molecule has 0 amide bonds. The zero-order valence-electron chi connectivity index (χ0n) is 17.0. The minimum atomic E-state index is 1.08. The van der Waals surface area contributed by atoms with Crippen molar-refractivity contribution < 1.29 is 0 Å². The van der Waals surface area contributed by atoms with Crippen LogP contribution in [0.1, 0.15) is 33.4 Å². The van der Waals surface area contributed by atoms with E-state index in [1.54, 1.807) is 0 Å². The summed E-state index contributed by atoms with van der Waals surface area (Å²) in [4.78, 5) is 0. The number of rotatable bonds is 3. The topological polar surface area (TPSA) is 14.1 Å². The van der Waals surface area contributed by atoms with Gasteiger partial charge in [-0.05, 0) is 86.1 Å². The number of benzene rings is 3. The largest absolute Gasteiger partial charge is 0.686 e. The van der Waals surface area contributed by atoms with E-state index in [0.717, 1.165) is 5.69 Å². The average Bonchev–Trinajstić information content (AvgIpc) is 2.53. The van der Waals surface area contributed by atoms with Crippen LogP contribution in [0.4, 0.5) is 5.69 Å². The molecule has 0 aliphatic carbocycles. The second-order valence-corrected chi connectivity index (χ2v) is 7.47. The van der Waals surface area contributed by atoms with Crippen molar-refractivity contribution in [3.8, 4) is 22.3 Å². The molecule has 0 radical (unpaired) electrons. The third-order valence-corrected chi connectivity index (χ3v) is 5.15. The molecule has 0 saturated carbocycles. The van der Waals surface area contributed by atoms with Gasteiger partial charge in [0, 0.05) is 0 Å². The molecule has 0 N–H and O–H groups in total. The van der Waals surface area contributed by atoms with Crippen LogP contribution in [-0.2, 0) is 0 Å². The molecule has 3 aromatic rings. The SMILES string of the molecule is C[N-]c1c(-c2c(C)cc(C)cc2C)cccc1-c1c(C)cc(C)cc1C. The predicted molar refractivity (Wildman–Crippen MR) is 115 cm³/mol. The van der Waals surface area contributed by atoms with Crippen molar-refractivity contribution in [1.82, 2.24) is 0 Å². The van der Waals surface area contributed by atoms with E-state index in [1.165, 1.54) is 55.6 Å². The second-order valence-electron chi connectivity index (χ2n) is 7.47. The molecule has 0 unspecified atom stereocenters. The van der Waals surface area contributed by atoms with Gasteiger partial charge in [-0.3, -0.25) is 0 Å². The summed E-state index contributed by atoms with van der Waals surface area (Å²) in [7, 11) is 1.90. The maximum absolute atomic E-state index is 4.73. The lowest BCUT2D eigenvalue weighted by atomic mass is 9.87. The van der Waals surface area contributed by atoms with Gasteiger partial charge in [-0.25, -0.2) is 0 Å². The summed E-state index contributed by atoms with van der Waals surface area (Å²) in [5.74, 6) is 0. The van der Waals surface area contributed by atoms with Crippen LogP contribution in [0.2, 0.25) is 0 Å². The molecule has 0 aliphatic rings. The first-order valence-electron chi connectivity index (χ1n) is 9.22. The van der Waals surface area contributed by atoms with Gasteiger partial charge < -0.3 is 5.32 Å². The molecule has 0 atom stereocenters. The fraction of sp³-hybridized carbons (Fsp3) is 0.280. The molecule has 0 aromatic heterocycles. The van der Waals surface area contributed by atoms with Gasteiger partial charge in [0.1, 0.15) is 0 Å². The minimum absolute atomic E-state index is 1.08. The first kappa shape index (κ1) is 18.3. The number of nitrogens with zero attached hydrogens (tertiary/aromatic N) is 1. The van der Waals surface area contributed by atoms with Gasteiger partial charge in [0.05, 0.1) is 0 Å². The molecular weight excluding hydrogens is 314 g/mol. The van der Waals surface area contributed by atoms with Crippen LogP contribution in [0.25, 0.3) is 27.6 Å². The lowest BCUT2D eigenvalue weighted by molar-refractivity contribution is 1.31. The highest BCUT2D eigenvalue weighted by molar-refractivity contribution is 5.95. The Bertz CT molecular complexity index is 858. The molecule has 0 saturated heterocycles. The maximum Gasteiger partial charge on any atom is -0.0137 e. The smallest absolute Gasteiger partial charge is 0.0137 e. The maximum atomic E-state index is 4.73. The molecule has 1 nitrogen and oxygen atoms in total. The molecule has 0 aliphatic heterocycles. The van der Waals surface area contributed by atoms with E-state index in [2.05, 4.69) is 84.0 Å². The van der Waals surface area contributed by atoms with Crippen molar-refractivity contribution in [1.29, 1.82) is 0 Å². The highest BCUT2D eigenvalue weighted by Gasteiger charge is 2.13. The fourth-order valence-electron chi connectivity index (χ4n) is 4.40. The number of para-hydroxylation sites is 1. The van der Waals surface area contributed by atoms with Gasteiger partial charge in [-0.15, -0.1) is 12.7 Å².